The Kier molecular flexibility index (Phi) is 3.52. The van der Waals surface area contributed by atoms with Gasteiger partial charge in [0.25, 0.3) is 5.91 Å². The first-order valence-corrected chi connectivity index (χ1v) is 5.01. The van der Waals surface area contributed by atoms with Gasteiger partial charge in [-0.25, -0.2) is 0 Å². The molecule has 0 aliphatic rings. The van der Waals surface area contributed by atoms with E-state index < -0.39 is 5.60 Å². The van der Waals surface area contributed by atoms with Crippen LogP contribution in [0.4, 0.5) is 0 Å². The molecule has 0 spiro atoms. The average molecular weight is 211 g/mol. The lowest BCUT2D eigenvalue weighted by molar-refractivity contribution is 0.0693. The van der Waals surface area contributed by atoms with Crippen molar-refractivity contribution in [3.63, 3.8) is 0 Å². The second kappa shape index (κ2) is 4.49. The third-order valence-corrected chi connectivity index (χ3v) is 1.99. The lowest BCUT2D eigenvalue weighted by atomic mass is 10.1. The molecule has 1 aromatic heterocycles. The van der Waals surface area contributed by atoms with Crippen LogP contribution in [-0.2, 0) is 6.42 Å². The van der Waals surface area contributed by atoms with Crippen molar-refractivity contribution in [2.45, 2.75) is 32.8 Å². The largest absolute Gasteiger partial charge is 0.469 e. The molecule has 15 heavy (non-hydrogen) atoms. The lowest BCUT2D eigenvalue weighted by Gasteiger charge is -2.17. The van der Waals surface area contributed by atoms with Crippen molar-refractivity contribution in [3.05, 3.63) is 23.7 Å². The molecule has 0 bridgehead atoms. The van der Waals surface area contributed by atoms with Crippen molar-refractivity contribution in [1.82, 2.24) is 5.32 Å². The van der Waals surface area contributed by atoms with E-state index in [-0.39, 0.29) is 12.5 Å². The van der Waals surface area contributed by atoms with E-state index in [1.54, 1.807) is 19.9 Å². The van der Waals surface area contributed by atoms with Crippen LogP contribution in [0.2, 0.25) is 0 Å². The highest BCUT2D eigenvalue weighted by Gasteiger charge is 2.17. The van der Waals surface area contributed by atoms with Crippen molar-refractivity contribution in [2.24, 2.45) is 0 Å². The molecule has 1 amide bonds. The Morgan fingerprint density at radius 3 is 2.80 bits per heavy atom. The van der Waals surface area contributed by atoms with E-state index in [1.165, 1.54) is 6.26 Å². The van der Waals surface area contributed by atoms with Gasteiger partial charge in [0, 0.05) is 13.0 Å². The van der Waals surface area contributed by atoms with Crippen molar-refractivity contribution in [1.29, 1.82) is 0 Å². The number of amides is 1. The van der Waals surface area contributed by atoms with Gasteiger partial charge in [0.2, 0.25) is 0 Å². The molecule has 1 rings (SSSR count). The summed E-state index contributed by atoms with van der Waals surface area (Å²) < 4.78 is 5.14. The van der Waals surface area contributed by atoms with Crippen LogP contribution in [0.3, 0.4) is 0 Å². The highest BCUT2D eigenvalue weighted by molar-refractivity contribution is 5.95. The molecule has 1 heterocycles. The van der Waals surface area contributed by atoms with Crippen LogP contribution >= 0.6 is 0 Å². The number of carbonyl (C=O) groups excluding carboxylic acids is 1. The van der Waals surface area contributed by atoms with Gasteiger partial charge in [0.05, 0.1) is 17.4 Å². The molecule has 2 N–H and O–H groups in total. The molecule has 0 saturated carbocycles. The molecule has 4 heteroatoms. The summed E-state index contributed by atoms with van der Waals surface area (Å²) in [7, 11) is 0. The Morgan fingerprint density at radius 2 is 2.27 bits per heavy atom. The first-order valence-electron chi connectivity index (χ1n) is 5.01. The van der Waals surface area contributed by atoms with Gasteiger partial charge >= 0.3 is 0 Å². The number of nitrogens with one attached hydrogen (secondary N) is 1. The Bertz CT molecular complexity index is 336. The van der Waals surface area contributed by atoms with Gasteiger partial charge in [-0.05, 0) is 19.9 Å². The topological polar surface area (TPSA) is 62.5 Å². The van der Waals surface area contributed by atoms with Gasteiger partial charge in [-0.1, -0.05) is 6.92 Å². The number of hydrogen-bond donors (Lipinski definition) is 2. The van der Waals surface area contributed by atoms with Gasteiger partial charge in [-0.2, -0.15) is 0 Å². The van der Waals surface area contributed by atoms with Crippen LogP contribution in [0, 0.1) is 0 Å². The van der Waals surface area contributed by atoms with Crippen LogP contribution < -0.4 is 5.32 Å². The Labute approximate surface area is 89.3 Å². The van der Waals surface area contributed by atoms with E-state index in [4.69, 9.17) is 4.42 Å². The van der Waals surface area contributed by atoms with E-state index in [0.717, 1.165) is 0 Å². The minimum atomic E-state index is -0.897. The molecule has 0 aliphatic carbocycles. The maximum Gasteiger partial charge on any atom is 0.254 e. The maximum absolute atomic E-state index is 11.6. The quantitative estimate of drug-likeness (QED) is 0.790. The fourth-order valence-electron chi connectivity index (χ4n) is 1.21. The molecule has 0 aromatic carbocycles. The standard InChI is InChI=1S/C11H17NO3/c1-4-9-8(5-6-15-9)10(13)12-7-11(2,3)14/h5-6,14H,4,7H2,1-3H3,(H,12,13). The molecule has 84 valence electrons. The molecular weight excluding hydrogens is 194 g/mol. The first kappa shape index (κ1) is 11.8. The fraction of sp³-hybridized carbons (Fsp3) is 0.545. The number of rotatable bonds is 4. The highest BCUT2D eigenvalue weighted by Crippen LogP contribution is 2.11. The monoisotopic (exact) mass is 211 g/mol. The van der Waals surface area contributed by atoms with E-state index in [2.05, 4.69) is 5.32 Å². The summed E-state index contributed by atoms with van der Waals surface area (Å²) in [6.45, 7) is 5.43. The summed E-state index contributed by atoms with van der Waals surface area (Å²) in [4.78, 5) is 11.6. The molecule has 0 unspecified atom stereocenters. The number of carbonyl (C=O) groups is 1. The Balaban J connectivity index is 2.62. The second-order valence-corrected chi connectivity index (χ2v) is 4.11. The van der Waals surface area contributed by atoms with Gasteiger partial charge in [-0.15, -0.1) is 0 Å². The van der Waals surface area contributed by atoms with Gasteiger partial charge in [-0.3, -0.25) is 4.79 Å². The number of hydrogen-bond acceptors (Lipinski definition) is 3. The molecular formula is C11H17NO3. The van der Waals surface area contributed by atoms with Crippen molar-refractivity contribution in [3.8, 4) is 0 Å². The average Bonchev–Trinajstić information content (AvgIpc) is 2.60. The summed E-state index contributed by atoms with van der Waals surface area (Å²) in [6.07, 6.45) is 2.18. The van der Waals surface area contributed by atoms with Crippen molar-refractivity contribution in [2.75, 3.05) is 6.54 Å². The van der Waals surface area contributed by atoms with Gasteiger partial charge in [0.15, 0.2) is 0 Å². The molecule has 4 nitrogen and oxygen atoms in total. The zero-order valence-corrected chi connectivity index (χ0v) is 9.33. The molecule has 1 aromatic rings. The van der Waals surface area contributed by atoms with Gasteiger partial charge in [0.1, 0.15) is 5.76 Å². The van der Waals surface area contributed by atoms with Crippen molar-refractivity contribution >= 4 is 5.91 Å². The van der Waals surface area contributed by atoms with Crippen LogP contribution in [0.1, 0.15) is 36.9 Å². The smallest absolute Gasteiger partial charge is 0.254 e. The zero-order chi connectivity index (χ0) is 11.5. The molecule has 0 fully saturated rings. The maximum atomic E-state index is 11.6. The van der Waals surface area contributed by atoms with Crippen LogP contribution in [0.15, 0.2) is 16.7 Å². The minimum Gasteiger partial charge on any atom is -0.469 e. The SMILES string of the molecule is CCc1occc1C(=O)NCC(C)(C)O. The van der Waals surface area contributed by atoms with Crippen LogP contribution in [0.25, 0.3) is 0 Å². The van der Waals surface area contributed by atoms with E-state index in [0.29, 0.717) is 17.7 Å². The normalized spacial score (nSPS) is 11.5. The summed E-state index contributed by atoms with van der Waals surface area (Å²) in [5.74, 6) is 0.464. The third kappa shape index (κ3) is 3.40. The predicted octanol–water partition coefficient (Wildman–Crippen LogP) is 1.34. The number of furan rings is 1. The summed E-state index contributed by atoms with van der Waals surface area (Å²) >= 11 is 0. The number of aryl methyl sites for hydroxylation is 1. The second-order valence-electron chi connectivity index (χ2n) is 4.11. The molecule has 0 aliphatic heterocycles. The molecule has 0 atom stereocenters. The van der Waals surface area contributed by atoms with Crippen LogP contribution in [-0.4, -0.2) is 23.2 Å². The summed E-state index contributed by atoms with van der Waals surface area (Å²) in [5, 5.41) is 12.1. The summed E-state index contributed by atoms with van der Waals surface area (Å²) in [5.41, 5.74) is -0.354. The first-order chi connectivity index (χ1) is 6.94. The Hall–Kier alpha value is -1.29. The molecule has 0 saturated heterocycles. The minimum absolute atomic E-state index is 0.206. The van der Waals surface area contributed by atoms with Crippen LogP contribution in [0.5, 0.6) is 0 Å². The summed E-state index contributed by atoms with van der Waals surface area (Å²) in [6, 6.07) is 1.64. The molecule has 0 radical (unpaired) electrons. The van der Waals surface area contributed by atoms with E-state index in [9.17, 15) is 9.90 Å². The third-order valence-electron chi connectivity index (χ3n) is 1.99. The van der Waals surface area contributed by atoms with Crippen molar-refractivity contribution < 1.29 is 14.3 Å². The predicted molar refractivity (Wildman–Crippen MR) is 56.7 cm³/mol. The van der Waals surface area contributed by atoms with Gasteiger partial charge < -0.3 is 14.8 Å². The van der Waals surface area contributed by atoms with E-state index in [1.807, 2.05) is 6.92 Å². The number of aliphatic hydroxyl groups is 1. The highest BCUT2D eigenvalue weighted by atomic mass is 16.3. The Morgan fingerprint density at radius 1 is 1.60 bits per heavy atom. The fourth-order valence-corrected chi connectivity index (χ4v) is 1.21. The zero-order valence-electron chi connectivity index (χ0n) is 9.33. The lowest BCUT2D eigenvalue weighted by Crippen LogP contribution is -2.38. The van der Waals surface area contributed by atoms with E-state index >= 15 is 0 Å².